The molecule has 2 atom stereocenters. The van der Waals surface area contributed by atoms with Gasteiger partial charge in [0.15, 0.2) is 0 Å². The molecule has 4 nitrogen and oxygen atoms in total. The predicted molar refractivity (Wildman–Crippen MR) is 82.9 cm³/mol. The minimum Gasteiger partial charge on any atom is -0.344 e. The number of carbonyl (C=O) groups is 2. The maximum atomic E-state index is 12.6. The zero-order valence-electron chi connectivity index (χ0n) is 12.4. The third-order valence-electron chi connectivity index (χ3n) is 3.77. The zero-order chi connectivity index (χ0) is 15.4. The van der Waals surface area contributed by atoms with E-state index in [1.807, 2.05) is 38.1 Å². The molecule has 1 fully saturated rings. The lowest BCUT2D eigenvalue weighted by atomic mass is 10.1. The van der Waals surface area contributed by atoms with Gasteiger partial charge in [-0.3, -0.25) is 9.59 Å². The van der Waals surface area contributed by atoms with Crippen LogP contribution in [-0.2, 0) is 16.1 Å². The normalized spacial score (nSPS) is 22.9. The van der Waals surface area contributed by atoms with Crippen LogP contribution in [0.25, 0.3) is 0 Å². The Morgan fingerprint density at radius 1 is 1.29 bits per heavy atom. The molecule has 1 heterocycles. The van der Waals surface area contributed by atoms with Crippen LogP contribution in [0.4, 0.5) is 0 Å². The van der Waals surface area contributed by atoms with Gasteiger partial charge >= 0.3 is 0 Å². The second-order valence-corrected chi connectivity index (χ2v) is 5.99. The Kier molecular flexibility index (Phi) is 5.23. The Balaban J connectivity index is 2.19. The van der Waals surface area contributed by atoms with Crippen LogP contribution in [0.15, 0.2) is 24.3 Å². The summed E-state index contributed by atoms with van der Waals surface area (Å²) in [7, 11) is 0. The van der Waals surface area contributed by atoms with E-state index in [9.17, 15) is 9.59 Å². The van der Waals surface area contributed by atoms with Gasteiger partial charge in [0.2, 0.25) is 11.8 Å². The molecule has 114 valence electrons. The number of halogens is 1. The minimum absolute atomic E-state index is 0.00477. The molecule has 0 radical (unpaired) electrons. The predicted octanol–water partition coefficient (Wildman–Crippen LogP) is 2.75. The van der Waals surface area contributed by atoms with Gasteiger partial charge in [0.1, 0.15) is 6.04 Å². The van der Waals surface area contributed by atoms with Gasteiger partial charge in [-0.25, -0.2) is 0 Å². The maximum absolute atomic E-state index is 12.6. The number of nitrogens with zero attached hydrogens (tertiary/aromatic N) is 1. The lowest BCUT2D eigenvalue weighted by Gasteiger charge is -2.28. The van der Waals surface area contributed by atoms with Crippen LogP contribution in [0.5, 0.6) is 0 Å². The first-order valence-electron chi connectivity index (χ1n) is 7.35. The second kappa shape index (κ2) is 6.94. The van der Waals surface area contributed by atoms with Crippen LogP contribution in [0.3, 0.4) is 0 Å². The summed E-state index contributed by atoms with van der Waals surface area (Å²) in [5.74, 6) is -0.0435. The molecule has 0 spiro atoms. The van der Waals surface area contributed by atoms with Gasteiger partial charge in [0.05, 0.1) is 0 Å². The first kappa shape index (κ1) is 15.8. The molecule has 2 amide bonds. The van der Waals surface area contributed by atoms with E-state index in [0.717, 1.165) is 12.0 Å². The zero-order valence-corrected chi connectivity index (χ0v) is 13.2. The molecule has 2 unspecified atom stereocenters. The largest absolute Gasteiger partial charge is 0.344 e. The van der Waals surface area contributed by atoms with Crippen LogP contribution in [0.2, 0.25) is 5.02 Å². The quantitative estimate of drug-likeness (QED) is 0.930. The van der Waals surface area contributed by atoms with Gasteiger partial charge in [-0.2, -0.15) is 0 Å². The van der Waals surface area contributed by atoms with E-state index in [4.69, 9.17) is 11.6 Å². The molecule has 1 aliphatic rings. The number of hydrogen-bond donors (Lipinski definition) is 1. The number of hydrogen-bond acceptors (Lipinski definition) is 2. The van der Waals surface area contributed by atoms with Gasteiger partial charge in [-0.15, -0.1) is 0 Å². The number of nitrogens with one attached hydrogen (secondary N) is 1. The Morgan fingerprint density at radius 3 is 2.57 bits per heavy atom. The fourth-order valence-corrected chi connectivity index (χ4v) is 2.74. The van der Waals surface area contributed by atoms with E-state index in [-0.39, 0.29) is 17.9 Å². The summed E-state index contributed by atoms with van der Waals surface area (Å²) in [6.07, 6.45) is 1.88. The highest BCUT2D eigenvalue weighted by Gasteiger charge is 2.33. The maximum Gasteiger partial charge on any atom is 0.245 e. The second-order valence-electron chi connectivity index (χ2n) is 5.55. The lowest BCUT2D eigenvalue weighted by Crippen LogP contribution is -2.45. The van der Waals surface area contributed by atoms with E-state index in [1.54, 1.807) is 4.90 Å². The van der Waals surface area contributed by atoms with Crippen LogP contribution in [-0.4, -0.2) is 28.8 Å². The molecule has 0 bridgehead atoms. The summed E-state index contributed by atoms with van der Waals surface area (Å²) >= 11 is 5.89. The topological polar surface area (TPSA) is 49.4 Å². The summed E-state index contributed by atoms with van der Waals surface area (Å²) in [5, 5.41) is 3.51. The van der Waals surface area contributed by atoms with E-state index >= 15 is 0 Å². The number of carbonyl (C=O) groups excluding carboxylic acids is 2. The molecule has 5 heteroatoms. The average molecular weight is 309 g/mol. The summed E-state index contributed by atoms with van der Waals surface area (Å²) in [6, 6.07) is 6.96. The van der Waals surface area contributed by atoms with Crippen molar-refractivity contribution >= 4 is 23.4 Å². The molecule has 0 aromatic heterocycles. The van der Waals surface area contributed by atoms with E-state index in [1.165, 1.54) is 0 Å². The standard InChI is InChI=1S/C16H21ClN2O2/c1-3-4-14-16(21)19(11(2)9-15(20)18-14)10-12-5-7-13(17)8-6-12/h5-8,11,14H,3-4,9-10H2,1-2H3,(H,18,20). The molecule has 0 saturated carbocycles. The average Bonchev–Trinajstić information content (AvgIpc) is 2.53. The molecule has 1 aliphatic heterocycles. The fourth-order valence-electron chi connectivity index (χ4n) is 2.62. The molecule has 1 aromatic carbocycles. The van der Waals surface area contributed by atoms with Crippen LogP contribution in [0.1, 0.15) is 38.7 Å². The highest BCUT2D eigenvalue weighted by Crippen LogP contribution is 2.18. The summed E-state index contributed by atoms with van der Waals surface area (Å²) < 4.78 is 0. The Morgan fingerprint density at radius 2 is 1.95 bits per heavy atom. The molecule has 2 rings (SSSR count). The van der Waals surface area contributed by atoms with Gasteiger partial charge < -0.3 is 10.2 Å². The molecule has 1 aromatic rings. The van der Waals surface area contributed by atoms with Crippen LogP contribution >= 0.6 is 11.6 Å². The van der Waals surface area contributed by atoms with Crippen molar-refractivity contribution in [3.63, 3.8) is 0 Å². The van der Waals surface area contributed by atoms with Crippen molar-refractivity contribution in [2.75, 3.05) is 0 Å². The molecule has 1 N–H and O–H groups in total. The third-order valence-corrected chi connectivity index (χ3v) is 4.02. The monoisotopic (exact) mass is 308 g/mol. The summed E-state index contributed by atoms with van der Waals surface area (Å²) in [4.78, 5) is 26.3. The van der Waals surface area contributed by atoms with Crippen molar-refractivity contribution < 1.29 is 9.59 Å². The van der Waals surface area contributed by atoms with Gasteiger partial charge in [0.25, 0.3) is 0 Å². The van der Waals surface area contributed by atoms with Crippen molar-refractivity contribution in [2.45, 2.75) is 51.7 Å². The van der Waals surface area contributed by atoms with Gasteiger partial charge in [0, 0.05) is 24.0 Å². The van der Waals surface area contributed by atoms with E-state index in [0.29, 0.717) is 24.4 Å². The summed E-state index contributed by atoms with van der Waals surface area (Å²) in [6.45, 7) is 4.44. The van der Waals surface area contributed by atoms with Crippen LogP contribution in [0, 0.1) is 0 Å². The van der Waals surface area contributed by atoms with Crippen molar-refractivity contribution in [3.8, 4) is 0 Å². The Labute approximate surface area is 130 Å². The van der Waals surface area contributed by atoms with Crippen molar-refractivity contribution in [3.05, 3.63) is 34.9 Å². The third kappa shape index (κ3) is 3.97. The van der Waals surface area contributed by atoms with Crippen molar-refractivity contribution in [1.29, 1.82) is 0 Å². The van der Waals surface area contributed by atoms with Crippen molar-refractivity contribution in [1.82, 2.24) is 10.2 Å². The molecule has 21 heavy (non-hydrogen) atoms. The van der Waals surface area contributed by atoms with Gasteiger partial charge in [-0.05, 0) is 31.0 Å². The molecule has 1 saturated heterocycles. The van der Waals surface area contributed by atoms with Gasteiger partial charge in [-0.1, -0.05) is 37.1 Å². The van der Waals surface area contributed by atoms with Crippen LogP contribution < -0.4 is 5.32 Å². The Hall–Kier alpha value is -1.55. The number of benzene rings is 1. The number of amides is 2. The smallest absolute Gasteiger partial charge is 0.245 e. The molecular weight excluding hydrogens is 288 g/mol. The Bertz CT molecular complexity index is 516. The van der Waals surface area contributed by atoms with E-state index in [2.05, 4.69) is 5.32 Å². The van der Waals surface area contributed by atoms with E-state index < -0.39 is 6.04 Å². The first-order valence-corrected chi connectivity index (χ1v) is 7.73. The molecule has 0 aliphatic carbocycles. The number of rotatable bonds is 4. The highest BCUT2D eigenvalue weighted by atomic mass is 35.5. The highest BCUT2D eigenvalue weighted by molar-refractivity contribution is 6.30. The fraction of sp³-hybridized carbons (Fsp3) is 0.500. The SMILES string of the molecule is CCCC1NC(=O)CC(C)N(Cc2ccc(Cl)cc2)C1=O. The minimum atomic E-state index is -0.403. The summed E-state index contributed by atoms with van der Waals surface area (Å²) in [5.41, 5.74) is 1.02. The van der Waals surface area contributed by atoms with Crippen molar-refractivity contribution in [2.24, 2.45) is 0 Å². The molecular formula is C16H21ClN2O2. The lowest BCUT2D eigenvalue weighted by molar-refractivity contribution is -0.135. The first-order chi connectivity index (χ1) is 10.0.